The van der Waals surface area contributed by atoms with Gasteiger partial charge < -0.3 is 9.13 Å². The second-order valence-electron chi connectivity index (χ2n) is 5.20. The molecule has 0 saturated heterocycles. The number of fused-ring (bicyclic) bond motifs is 1. The van der Waals surface area contributed by atoms with E-state index in [2.05, 4.69) is 21.5 Å². The molecule has 0 N–H and O–H groups in total. The van der Waals surface area contributed by atoms with Crippen LogP contribution in [0.1, 0.15) is 31.1 Å². The van der Waals surface area contributed by atoms with Gasteiger partial charge in [0.15, 0.2) is 0 Å². The third-order valence-corrected chi connectivity index (χ3v) is 3.94. The zero-order valence-corrected chi connectivity index (χ0v) is 13.4. The Labute approximate surface area is 133 Å². The van der Waals surface area contributed by atoms with E-state index in [1.54, 1.807) is 6.20 Å². The Morgan fingerprint density at radius 2 is 2.10 bits per heavy atom. The van der Waals surface area contributed by atoms with E-state index in [1.165, 1.54) is 0 Å². The van der Waals surface area contributed by atoms with E-state index in [1.807, 2.05) is 42.2 Å². The van der Waals surface area contributed by atoms with Gasteiger partial charge in [-0.3, -0.25) is 0 Å². The lowest BCUT2D eigenvalue weighted by molar-refractivity contribution is 0.460. The van der Waals surface area contributed by atoms with Gasteiger partial charge in [-0.25, -0.2) is 9.97 Å². The van der Waals surface area contributed by atoms with E-state index in [9.17, 15) is 0 Å². The fraction of sp³-hybridized carbons (Fsp3) is 0.333. The highest BCUT2D eigenvalue weighted by Gasteiger charge is 2.19. The van der Waals surface area contributed by atoms with Gasteiger partial charge in [0.25, 0.3) is 0 Å². The molecule has 0 fully saturated rings. The molecule has 3 aromatic rings. The Morgan fingerprint density at radius 3 is 2.76 bits per heavy atom. The topological polar surface area (TPSA) is 35.6 Å². The Bertz CT molecular complexity index is 746. The smallest absolute Gasteiger partial charge is 0.128 e. The molecular weight excluding hydrogens is 307 g/mol. The normalized spacial score (nSPS) is 14.5. The van der Waals surface area contributed by atoms with Crippen LogP contribution in [0.3, 0.4) is 0 Å². The Kier molecular flexibility index (Phi) is 3.91. The SMILES string of the molecule is CC(Cl)c1nc2ccc(Cl)cc2n1C(C)Cn1ccnc1. The fourth-order valence-corrected chi connectivity index (χ4v) is 2.93. The van der Waals surface area contributed by atoms with Crippen LogP contribution in [0.5, 0.6) is 0 Å². The van der Waals surface area contributed by atoms with E-state index in [-0.39, 0.29) is 11.4 Å². The number of aromatic nitrogens is 4. The molecule has 0 spiro atoms. The molecule has 0 radical (unpaired) electrons. The minimum atomic E-state index is -0.165. The fourth-order valence-electron chi connectivity index (χ4n) is 2.61. The van der Waals surface area contributed by atoms with E-state index in [0.717, 1.165) is 23.4 Å². The molecule has 0 aliphatic carbocycles. The summed E-state index contributed by atoms with van der Waals surface area (Å²) < 4.78 is 4.21. The van der Waals surface area contributed by atoms with Gasteiger partial charge in [0.1, 0.15) is 5.82 Å². The monoisotopic (exact) mass is 322 g/mol. The number of hydrogen-bond acceptors (Lipinski definition) is 2. The molecule has 0 amide bonds. The molecule has 6 heteroatoms. The number of imidazole rings is 2. The van der Waals surface area contributed by atoms with E-state index >= 15 is 0 Å². The number of benzene rings is 1. The first-order chi connectivity index (χ1) is 10.1. The first-order valence-corrected chi connectivity index (χ1v) is 7.65. The van der Waals surface area contributed by atoms with Crippen molar-refractivity contribution in [2.75, 3.05) is 0 Å². The van der Waals surface area contributed by atoms with Crippen molar-refractivity contribution in [2.24, 2.45) is 0 Å². The Hall–Kier alpha value is -1.52. The van der Waals surface area contributed by atoms with Crippen LogP contribution in [-0.4, -0.2) is 19.1 Å². The third-order valence-electron chi connectivity index (χ3n) is 3.51. The van der Waals surface area contributed by atoms with Gasteiger partial charge in [-0.1, -0.05) is 11.6 Å². The molecule has 21 heavy (non-hydrogen) atoms. The van der Waals surface area contributed by atoms with Gasteiger partial charge in [0.2, 0.25) is 0 Å². The first-order valence-electron chi connectivity index (χ1n) is 6.83. The van der Waals surface area contributed by atoms with Gasteiger partial charge >= 0.3 is 0 Å². The summed E-state index contributed by atoms with van der Waals surface area (Å²) in [5.74, 6) is 0.863. The van der Waals surface area contributed by atoms with Crippen molar-refractivity contribution in [1.29, 1.82) is 0 Å². The van der Waals surface area contributed by atoms with Crippen LogP contribution in [-0.2, 0) is 6.54 Å². The predicted molar refractivity (Wildman–Crippen MR) is 85.9 cm³/mol. The summed E-state index contributed by atoms with van der Waals surface area (Å²) in [6.07, 6.45) is 5.54. The first kappa shape index (κ1) is 14.4. The van der Waals surface area contributed by atoms with E-state index in [0.29, 0.717) is 5.02 Å². The van der Waals surface area contributed by atoms with Crippen LogP contribution < -0.4 is 0 Å². The summed E-state index contributed by atoms with van der Waals surface area (Å²) in [6, 6.07) is 5.92. The van der Waals surface area contributed by atoms with Crippen molar-refractivity contribution in [3.63, 3.8) is 0 Å². The lowest BCUT2D eigenvalue weighted by Crippen LogP contribution is -2.15. The number of hydrogen-bond donors (Lipinski definition) is 0. The highest BCUT2D eigenvalue weighted by atomic mass is 35.5. The van der Waals surface area contributed by atoms with Crippen molar-refractivity contribution in [2.45, 2.75) is 31.8 Å². The summed E-state index contributed by atoms with van der Waals surface area (Å²) in [6.45, 7) is 4.88. The zero-order chi connectivity index (χ0) is 15.0. The summed E-state index contributed by atoms with van der Waals surface area (Å²) in [4.78, 5) is 8.73. The van der Waals surface area contributed by atoms with Crippen LogP contribution >= 0.6 is 23.2 Å². The highest BCUT2D eigenvalue weighted by Crippen LogP contribution is 2.30. The number of halogens is 2. The Balaban J connectivity index is 2.09. The molecule has 0 saturated carbocycles. The molecule has 2 atom stereocenters. The summed E-state index contributed by atoms with van der Waals surface area (Å²) >= 11 is 12.4. The second kappa shape index (κ2) is 5.70. The van der Waals surface area contributed by atoms with Crippen LogP contribution in [0.25, 0.3) is 11.0 Å². The maximum atomic E-state index is 6.31. The molecule has 3 rings (SSSR count). The molecule has 0 aliphatic rings. The minimum Gasteiger partial charge on any atom is -0.335 e. The number of nitrogens with zero attached hydrogens (tertiary/aromatic N) is 4. The van der Waals surface area contributed by atoms with Crippen LogP contribution in [0, 0.1) is 0 Å². The molecule has 110 valence electrons. The second-order valence-corrected chi connectivity index (χ2v) is 6.29. The summed E-state index contributed by atoms with van der Waals surface area (Å²) in [7, 11) is 0. The third kappa shape index (κ3) is 2.78. The van der Waals surface area contributed by atoms with Gasteiger partial charge in [0, 0.05) is 24.0 Å². The number of alkyl halides is 1. The quantitative estimate of drug-likeness (QED) is 0.665. The van der Waals surface area contributed by atoms with Crippen molar-refractivity contribution in [3.8, 4) is 0 Å². The van der Waals surface area contributed by atoms with E-state index < -0.39 is 0 Å². The summed E-state index contributed by atoms with van der Waals surface area (Å²) in [5, 5.41) is 0.536. The maximum Gasteiger partial charge on any atom is 0.128 e. The van der Waals surface area contributed by atoms with E-state index in [4.69, 9.17) is 23.2 Å². The predicted octanol–water partition coefficient (Wildman–Crippen LogP) is 4.45. The largest absolute Gasteiger partial charge is 0.335 e. The molecule has 2 aromatic heterocycles. The molecular formula is C15H16Cl2N4. The molecule has 0 bridgehead atoms. The van der Waals surface area contributed by atoms with Gasteiger partial charge in [-0.05, 0) is 32.0 Å². The average molecular weight is 323 g/mol. The van der Waals surface area contributed by atoms with Gasteiger partial charge in [-0.2, -0.15) is 0 Å². The maximum absolute atomic E-state index is 6.31. The van der Waals surface area contributed by atoms with Gasteiger partial charge in [-0.15, -0.1) is 11.6 Å². The van der Waals surface area contributed by atoms with Crippen molar-refractivity contribution >= 4 is 34.2 Å². The molecule has 0 aliphatic heterocycles. The van der Waals surface area contributed by atoms with Crippen LogP contribution in [0.15, 0.2) is 36.9 Å². The van der Waals surface area contributed by atoms with Gasteiger partial charge in [0.05, 0.1) is 28.8 Å². The molecule has 1 aromatic carbocycles. The average Bonchev–Trinajstić information content (AvgIpc) is 3.04. The summed E-state index contributed by atoms with van der Waals surface area (Å²) in [5.41, 5.74) is 1.93. The standard InChI is InChI=1S/C15H16Cl2N4/c1-10(8-20-6-5-18-9-20)21-14-7-12(17)3-4-13(14)19-15(21)11(2)16/h3-7,9-11H,8H2,1-2H3. The van der Waals surface area contributed by atoms with Crippen LogP contribution in [0.4, 0.5) is 0 Å². The highest BCUT2D eigenvalue weighted by molar-refractivity contribution is 6.31. The van der Waals surface area contributed by atoms with Crippen molar-refractivity contribution in [1.82, 2.24) is 19.1 Å². The van der Waals surface area contributed by atoms with Crippen LogP contribution in [0.2, 0.25) is 5.02 Å². The Morgan fingerprint density at radius 1 is 1.29 bits per heavy atom. The zero-order valence-electron chi connectivity index (χ0n) is 11.9. The lowest BCUT2D eigenvalue weighted by atomic mass is 10.2. The molecule has 2 unspecified atom stereocenters. The number of rotatable bonds is 4. The molecule has 4 nitrogen and oxygen atoms in total. The minimum absolute atomic E-state index is 0.165. The van der Waals surface area contributed by atoms with Crippen molar-refractivity contribution in [3.05, 3.63) is 47.8 Å². The van der Waals surface area contributed by atoms with Crippen molar-refractivity contribution < 1.29 is 0 Å². The molecule has 2 heterocycles. The lowest BCUT2D eigenvalue weighted by Gasteiger charge is -2.19.